The minimum Gasteiger partial charge on any atom is -0.389 e. The van der Waals surface area contributed by atoms with Crippen molar-refractivity contribution in [2.45, 2.75) is 62.5 Å². The summed E-state index contributed by atoms with van der Waals surface area (Å²) < 4.78 is 0. The van der Waals surface area contributed by atoms with E-state index in [1.54, 1.807) is 0 Å². The lowest BCUT2D eigenvalue weighted by Crippen LogP contribution is -2.48. The smallest absolute Gasteiger partial charge is 0.0728 e. The maximum Gasteiger partial charge on any atom is 0.0728 e. The monoisotopic (exact) mass is 384 g/mol. The predicted octanol–water partition coefficient (Wildman–Crippen LogP) is 4.46. The van der Waals surface area contributed by atoms with Gasteiger partial charge in [0.15, 0.2) is 0 Å². The highest BCUT2D eigenvalue weighted by atomic mass is 35.5. The molecule has 3 rings (SSSR count). The molecule has 1 unspecified atom stereocenters. The van der Waals surface area contributed by atoms with Crippen molar-refractivity contribution in [1.29, 1.82) is 0 Å². The Labute approximate surface area is 161 Å². The van der Waals surface area contributed by atoms with Gasteiger partial charge in [0.25, 0.3) is 0 Å². The number of nitrogens with zero attached hydrogens (tertiary/aromatic N) is 1. The number of hydrogen-bond donors (Lipinski definition) is 2. The van der Waals surface area contributed by atoms with Gasteiger partial charge in [0.05, 0.1) is 15.6 Å². The molecule has 0 bridgehead atoms. The minimum absolute atomic E-state index is 0.0914. The number of benzene rings is 1. The van der Waals surface area contributed by atoms with Gasteiger partial charge < -0.3 is 15.3 Å². The van der Waals surface area contributed by atoms with Crippen LogP contribution in [-0.2, 0) is 0 Å². The molecule has 2 fully saturated rings. The largest absolute Gasteiger partial charge is 0.389 e. The highest BCUT2D eigenvalue weighted by Crippen LogP contribution is 2.42. The van der Waals surface area contributed by atoms with Crippen molar-refractivity contribution in [3.8, 4) is 0 Å². The summed E-state index contributed by atoms with van der Waals surface area (Å²) in [5.74, 6) is 0.0914. The molecule has 1 atom stereocenters. The van der Waals surface area contributed by atoms with Crippen molar-refractivity contribution in [2.75, 3.05) is 26.7 Å². The van der Waals surface area contributed by atoms with Crippen LogP contribution in [0.1, 0.15) is 56.4 Å². The molecular weight excluding hydrogens is 355 g/mol. The number of aliphatic hydroxyl groups is 1. The van der Waals surface area contributed by atoms with Crippen molar-refractivity contribution < 1.29 is 5.11 Å². The molecule has 0 aromatic heterocycles. The number of rotatable bonds is 5. The van der Waals surface area contributed by atoms with E-state index in [2.05, 4.69) is 10.2 Å². The van der Waals surface area contributed by atoms with E-state index >= 15 is 0 Å². The molecule has 1 heterocycles. The zero-order valence-corrected chi connectivity index (χ0v) is 16.6. The van der Waals surface area contributed by atoms with Crippen LogP contribution < -0.4 is 5.32 Å². The van der Waals surface area contributed by atoms with Crippen molar-refractivity contribution in [1.82, 2.24) is 10.2 Å². The highest BCUT2D eigenvalue weighted by molar-refractivity contribution is 6.42. The summed E-state index contributed by atoms with van der Waals surface area (Å²) in [6, 6.07) is 6.50. The van der Waals surface area contributed by atoms with Crippen molar-refractivity contribution >= 4 is 23.2 Å². The van der Waals surface area contributed by atoms with Gasteiger partial charge in [-0.2, -0.15) is 0 Å². The van der Waals surface area contributed by atoms with Crippen LogP contribution in [0.15, 0.2) is 18.2 Å². The topological polar surface area (TPSA) is 35.5 Å². The lowest BCUT2D eigenvalue weighted by Gasteiger charge is -2.43. The van der Waals surface area contributed by atoms with Crippen LogP contribution in [0.5, 0.6) is 0 Å². The first-order chi connectivity index (χ1) is 12.0. The van der Waals surface area contributed by atoms with Crippen molar-refractivity contribution in [3.05, 3.63) is 33.8 Å². The second kappa shape index (κ2) is 8.58. The molecule has 5 heteroatoms. The molecule has 1 aromatic rings. The lowest BCUT2D eigenvalue weighted by molar-refractivity contribution is -0.0326. The van der Waals surface area contributed by atoms with E-state index in [-0.39, 0.29) is 5.92 Å². The van der Waals surface area contributed by atoms with Gasteiger partial charge in [-0.25, -0.2) is 0 Å². The van der Waals surface area contributed by atoms with Crippen LogP contribution in [0.2, 0.25) is 10.0 Å². The first kappa shape index (κ1) is 19.4. The van der Waals surface area contributed by atoms with Gasteiger partial charge in [-0.15, -0.1) is 0 Å². The first-order valence-corrected chi connectivity index (χ1v) is 10.3. The van der Waals surface area contributed by atoms with E-state index in [4.69, 9.17) is 23.2 Å². The summed E-state index contributed by atoms with van der Waals surface area (Å²) in [5.41, 5.74) is 0.490. The zero-order valence-electron chi connectivity index (χ0n) is 15.1. The van der Waals surface area contributed by atoms with Gasteiger partial charge in [0, 0.05) is 18.5 Å². The van der Waals surface area contributed by atoms with Gasteiger partial charge in [0.2, 0.25) is 0 Å². The Morgan fingerprint density at radius 2 is 1.84 bits per heavy atom. The summed E-state index contributed by atoms with van der Waals surface area (Å²) in [7, 11) is 2.05. The van der Waals surface area contributed by atoms with Crippen LogP contribution in [0, 0.1) is 0 Å². The Morgan fingerprint density at radius 3 is 2.44 bits per heavy atom. The molecule has 1 aliphatic carbocycles. The molecular formula is C20H30Cl2N2O. The highest BCUT2D eigenvalue weighted by Gasteiger charge is 2.40. The van der Waals surface area contributed by atoms with Crippen LogP contribution in [0.25, 0.3) is 0 Å². The summed E-state index contributed by atoms with van der Waals surface area (Å²) >= 11 is 12.4. The lowest BCUT2D eigenvalue weighted by atomic mass is 9.72. The second-order valence-corrected chi connectivity index (χ2v) is 8.57. The van der Waals surface area contributed by atoms with E-state index in [1.807, 2.05) is 25.2 Å². The maximum atomic E-state index is 11.5. The molecule has 25 heavy (non-hydrogen) atoms. The molecule has 0 radical (unpaired) electrons. The third-order valence-electron chi connectivity index (χ3n) is 6.15. The van der Waals surface area contributed by atoms with Crippen LogP contribution in [0.4, 0.5) is 0 Å². The molecule has 1 aliphatic heterocycles. The van der Waals surface area contributed by atoms with Crippen molar-refractivity contribution in [3.63, 3.8) is 0 Å². The van der Waals surface area contributed by atoms with E-state index in [9.17, 15) is 5.11 Å². The minimum atomic E-state index is -0.630. The first-order valence-electron chi connectivity index (χ1n) is 9.59. The quantitative estimate of drug-likeness (QED) is 0.786. The third-order valence-corrected chi connectivity index (χ3v) is 6.89. The number of likely N-dealkylation sites (tertiary alicyclic amines) is 1. The molecule has 140 valence electrons. The molecule has 2 aliphatic rings. The Balaban J connectivity index is 1.80. The second-order valence-electron chi connectivity index (χ2n) is 7.75. The van der Waals surface area contributed by atoms with Crippen LogP contribution in [-0.4, -0.2) is 48.3 Å². The molecule has 2 N–H and O–H groups in total. The van der Waals surface area contributed by atoms with Gasteiger partial charge in [-0.05, 0) is 63.5 Å². The maximum absolute atomic E-state index is 11.5. The predicted molar refractivity (Wildman–Crippen MR) is 106 cm³/mol. The Kier molecular flexibility index (Phi) is 6.67. The van der Waals surface area contributed by atoms with Gasteiger partial charge in [-0.3, -0.25) is 0 Å². The zero-order chi connectivity index (χ0) is 17.9. The Bertz CT molecular complexity index is 567. The number of piperidine rings is 1. The fourth-order valence-electron chi connectivity index (χ4n) is 4.49. The molecule has 3 nitrogen and oxygen atoms in total. The van der Waals surface area contributed by atoms with Gasteiger partial charge >= 0.3 is 0 Å². The molecule has 1 aromatic carbocycles. The Hall–Kier alpha value is -0.320. The van der Waals surface area contributed by atoms with Gasteiger partial charge in [-0.1, -0.05) is 48.5 Å². The number of hydrogen-bond acceptors (Lipinski definition) is 3. The molecule has 0 amide bonds. The SMILES string of the molecule is CNC1CCN(CC(c2ccc(Cl)c(Cl)c2)C2(O)CCCCC2)CC1. The number of nitrogens with one attached hydrogen (secondary N) is 1. The van der Waals surface area contributed by atoms with Crippen molar-refractivity contribution in [2.24, 2.45) is 0 Å². The Morgan fingerprint density at radius 1 is 1.16 bits per heavy atom. The molecule has 0 spiro atoms. The summed E-state index contributed by atoms with van der Waals surface area (Å²) in [6.07, 6.45) is 7.54. The average molecular weight is 385 g/mol. The number of halogens is 2. The van der Waals surface area contributed by atoms with E-state index in [1.165, 1.54) is 19.3 Å². The van der Waals surface area contributed by atoms with Crippen LogP contribution >= 0.6 is 23.2 Å². The summed E-state index contributed by atoms with van der Waals surface area (Å²) in [5, 5.41) is 16.0. The molecule has 1 saturated heterocycles. The van der Waals surface area contributed by atoms with E-state index in [0.29, 0.717) is 16.1 Å². The average Bonchev–Trinajstić information content (AvgIpc) is 2.63. The van der Waals surface area contributed by atoms with E-state index in [0.717, 1.165) is 50.9 Å². The third kappa shape index (κ3) is 4.70. The standard InChI is InChI=1S/C20H30Cl2N2O/c1-23-16-7-11-24(12-8-16)14-17(20(25)9-3-2-4-10-20)15-5-6-18(21)19(22)13-15/h5-6,13,16-17,23,25H,2-4,7-12,14H2,1H3. The summed E-state index contributed by atoms with van der Waals surface area (Å²) in [6.45, 7) is 3.06. The fraction of sp³-hybridized carbons (Fsp3) is 0.700. The van der Waals surface area contributed by atoms with Gasteiger partial charge in [0.1, 0.15) is 0 Å². The van der Waals surface area contributed by atoms with E-state index < -0.39 is 5.60 Å². The molecule has 1 saturated carbocycles. The van der Waals surface area contributed by atoms with Crippen LogP contribution in [0.3, 0.4) is 0 Å². The summed E-state index contributed by atoms with van der Waals surface area (Å²) in [4.78, 5) is 2.51. The normalized spacial score (nSPS) is 23.5. The fourth-order valence-corrected chi connectivity index (χ4v) is 4.80.